The topological polar surface area (TPSA) is 94.2 Å². The van der Waals surface area contributed by atoms with Gasteiger partial charge in [0.1, 0.15) is 29.4 Å². The van der Waals surface area contributed by atoms with Gasteiger partial charge in [-0.1, -0.05) is 18.1 Å². The third-order valence-electron chi connectivity index (χ3n) is 4.40. The normalized spacial score (nSPS) is 14.7. The fraction of sp³-hybridized carbons (Fsp3) is 0.208. The summed E-state index contributed by atoms with van der Waals surface area (Å²) in [5.74, 6) is 2.12. The summed E-state index contributed by atoms with van der Waals surface area (Å²) >= 11 is 0. The molecule has 0 bridgehead atoms. The van der Waals surface area contributed by atoms with Crippen LogP contribution in [0.2, 0.25) is 0 Å². The molecule has 0 radical (unpaired) electrons. The van der Waals surface area contributed by atoms with Gasteiger partial charge in [0.25, 0.3) is 11.8 Å². The zero-order chi connectivity index (χ0) is 23.1. The van der Waals surface area contributed by atoms with Crippen LogP contribution in [0.15, 0.2) is 48.0 Å². The Labute approximate surface area is 185 Å². The van der Waals surface area contributed by atoms with Crippen LogP contribution < -0.4 is 24.4 Å². The Morgan fingerprint density at radius 2 is 1.66 bits per heavy atom. The van der Waals surface area contributed by atoms with Gasteiger partial charge in [0.15, 0.2) is 0 Å². The van der Waals surface area contributed by atoms with Crippen molar-refractivity contribution >= 4 is 29.6 Å². The van der Waals surface area contributed by atoms with Gasteiger partial charge >= 0.3 is 6.03 Å². The van der Waals surface area contributed by atoms with Gasteiger partial charge in [-0.3, -0.25) is 14.9 Å². The first-order valence-electron chi connectivity index (χ1n) is 9.95. The van der Waals surface area contributed by atoms with Gasteiger partial charge in [-0.05, 0) is 49.8 Å². The summed E-state index contributed by atoms with van der Waals surface area (Å²) in [7, 11) is 0. The van der Waals surface area contributed by atoms with Crippen molar-refractivity contribution in [1.82, 2.24) is 5.32 Å². The average molecular weight is 434 g/mol. The molecule has 0 atom stereocenters. The molecule has 0 aliphatic carbocycles. The standard InChI is InChI=1S/C24H22N2O6/c1-4-13-32-17-9-7-16(8-10-17)14-19-22(27)25-24(29)26(23(19)28)20-15-18(30-5-2)11-12-21(20)31-6-3/h1,7-12,14-15H,5-6,13H2,2-3H3,(H,25,27,29)/b19-14+. The predicted molar refractivity (Wildman–Crippen MR) is 119 cm³/mol. The number of terminal acetylenes is 1. The first-order valence-corrected chi connectivity index (χ1v) is 9.95. The molecular weight excluding hydrogens is 412 g/mol. The van der Waals surface area contributed by atoms with Gasteiger partial charge in [-0.25, -0.2) is 9.69 Å². The Balaban J connectivity index is 1.97. The van der Waals surface area contributed by atoms with Gasteiger partial charge in [-0.2, -0.15) is 0 Å². The van der Waals surface area contributed by atoms with Crippen LogP contribution in [0.5, 0.6) is 17.2 Å². The highest BCUT2D eigenvalue weighted by Crippen LogP contribution is 2.35. The average Bonchev–Trinajstić information content (AvgIpc) is 2.78. The van der Waals surface area contributed by atoms with Crippen LogP contribution in [-0.2, 0) is 9.59 Å². The largest absolute Gasteiger partial charge is 0.494 e. The third-order valence-corrected chi connectivity index (χ3v) is 4.40. The molecule has 2 aromatic rings. The molecule has 8 nitrogen and oxygen atoms in total. The molecule has 8 heteroatoms. The molecule has 2 aromatic carbocycles. The molecule has 0 saturated carbocycles. The second-order valence-corrected chi connectivity index (χ2v) is 6.52. The van der Waals surface area contributed by atoms with Crippen molar-refractivity contribution in [3.05, 3.63) is 53.6 Å². The SMILES string of the molecule is C#CCOc1ccc(/C=C2\C(=O)NC(=O)N(c3cc(OCC)ccc3OCC)C2=O)cc1. The van der Waals surface area contributed by atoms with Gasteiger partial charge in [0.05, 0.1) is 18.9 Å². The molecule has 164 valence electrons. The van der Waals surface area contributed by atoms with Gasteiger partial charge < -0.3 is 14.2 Å². The number of imide groups is 2. The van der Waals surface area contributed by atoms with E-state index in [0.717, 1.165) is 4.90 Å². The molecule has 1 aliphatic rings. The first kappa shape index (κ1) is 22.4. The highest BCUT2D eigenvalue weighted by atomic mass is 16.5. The van der Waals surface area contributed by atoms with E-state index in [4.69, 9.17) is 20.6 Å². The lowest BCUT2D eigenvalue weighted by Crippen LogP contribution is -2.54. The number of benzene rings is 2. The Bertz CT molecular complexity index is 1100. The smallest absolute Gasteiger partial charge is 0.336 e. The summed E-state index contributed by atoms with van der Waals surface area (Å²) < 4.78 is 16.4. The van der Waals surface area contributed by atoms with E-state index in [1.165, 1.54) is 12.1 Å². The van der Waals surface area contributed by atoms with E-state index in [0.29, 0.717) is 36.0 Å². The molecule has 1 N–H and O–H groups in total. The first-order chi connectivity index (χ1) is 15.5. The van der Waals surface area contributed by atoms with Gasteiger partial charge in [0, 0.05) is 6.07 Å². The monoisotopic (exact) mass is 434 g/mol. The number of urea groups is 1. The highest BCUT2D eigenvalue weighted by Gasteiger charge is 2.38. The minimum atomic E-state index is -0.871. The van der Waals surface area contributed by atoms with Crippen LogP contribution in [0.3, 0.4) is 0 Å². The maximum atomic E-state index is 13.2. The fourth-order valence-corrected chi connectivity index (χ4v) is 3.03. The minimum absolute atomic E-state index is 0.126. The van der Waals surface area contributed by atoms with Gasteiger partial charge in [0.2, 0.25) is 0 Å². The number of barbiturate groups is 1. The van der Waals surface area contributed by atoms with Crippen molar-refractivity contribution in [2.24, 2.45) is 0 Å². The Morgan fingerprint density at radius 3 is 2.31 bits per heavy atom. The molecule has 1 saturated heterocycles. The molecule has 0 aromatic heterocycles. The van der Waals surface area contributed by atoms with E-state index >= 15 is 0 Å². The second-order valence-electron chi connectivity index (χ2n) is 6.52. The van der Waals surface area contributed by atoms with Crippen molar-refractivity contribution in [3.8, 4) is 29.6 Å². The Morgan fingerprint density at radius 1 is 0.969 bits per heavy atom. The van der Waals surface area contributed by atoms with E-state index in [1.807, 2.05) is 6.92 Å². The van der Waals surface area contributed by atoms with Crippen LogP contribution in [0.1, 0.15) is 19.4 Å². The lowest BCUT2D eigenvalue weighted by Gasteiger charge is -2.28. The van der Waals surface area contributed by atoms with Crippen LogP contribution in [-0.4, -0.2) is 37.7 Å². The molecule has 1 aliphatic heterocycles. The molecule has 3 rings (SSSR count). The number of hydrogen-bond acceptors (Lipinski definition) is 6. The van der Waals surface area contributed by atoms with E-state index in [1.54, 1.807) is 43.3 Å². The number of nitrogens with one attached hydrogen (secondary N) is 1. The number of carbonyl (C=O) groups is 3. The maximum Gasteiger partial charge on any atom is 0.336 e. The lowest BCUT2D eigenvalue weighted by molar-refractivity contribution is -0.122. The number of nitrogens with zero attached hydrogens (tertiary/aromatic N) is 1. The number of anilines is 1. The predicted octanol–water partition coefficient (Wildman–Crippen LogP) is 3.16. The number of hydrogen-bond donors (Lipinski definition) is 1. The van der Waals surface area contributed by atoms with Crippen molar-refractivity contribution in [1.29, 1.82) is 0 Å². The molecule has 32 heavy (non-hydrogen) atoms. The van der Waals surface area contributed by atoms with Crippen LogP contribution >= 0.6 is 0 Å². The summed E-state index contributed by atoms with van der Waals surface area (Å²) in [6, 6.07) is 10.6. The Hall–Kier alpha value is -4.25. The second kappa shape index (κ2) is 10.2. The van der Waals surface area contributed by atoms with Crippen molar-refractivity contribution < 1.29 is 28.6 Å². The zero-order valence-electron chi connectivity index (χ0n) is 17.7. The van der Waals surface area contributed by atoms with Crippen molar-refractivity contribution in [2.75, 3.05) is 24.7 Å². The van der Waals surface area contributed by atoms with E-state index < -0.39 is 17.8 Å². The molecule has 0 unspecified atom stereocenters. The van der Waals surface area contributed by atoms with Crippen molar-refractivity contribution in [2.45, 2.75) is 13.8 Å². The van der Waals surface area contributed by atoms with E-state index in [-0.39, 0.29) is 17.9 Å². The summed E-state index contributed by atoms with van der Waals surface area (Å²) in [4.78, 5) is 39.1. The number of amides is 4. The van der Waals surface area contributed by atoms with Crippen LogP contribution in [0.4, 0.5) is 10.5 Å². The lowest BCUT2D eigenvalue weighted by atomic mass is 10.1. The van der Waals surface area contributed by atoms with E-state index in [2.05, 4.69) is 11.2 Å². The maximum absolute atomic E-state index is 13.2. The van der Waals surface area contributed by atoms with Gasteiger partial charge in [-0.15, -0.1) is 6.42 Å². The minimum Gasteiger partial charge on any atom is -0.494 e. The van der Waals surface area contributed by atoms with Crippen molar-refractivity contribution in [3.63, 3.8) is 0 Å². The number of rotatable bonds is 8. The summed E-state index contributed by atoms with van der Waals surface area (Å²) in [6.07, 6.45) is 6.57. The molecule has 4 amide bonds. The van der Waals surface area contributed by atoms with Crippen LogP contribution in [0.25, 0.3) is 6.08 Å². The highest BCUT2D eigenvalue weighted by molar-refractivity contribution is 6.39. The summed E-state index contributed by atoms with van der Waals surface area (Å²) in [5, 5.41) is 2.20. The summed E-state index contributed by atoms with van der Waals surface area (Å²) in [6.45, 7) is 4.45. The number of ether oxygens (including phenoxy) is 3. The quantitative estimate of drug-likeness (QED) is 0.390. The zero-order valence-corrected chi connectivity index (χ0v) is 17.7. The molecule has 1 fully saturated rings. The van der Waals surface area contributed by atoms with E-state index in [9.17, 15) is 14.4 Å². The number of carbonyl (C=O) groups excluding carboxylic acids is 3. The van der Waals surface area contributed by atoms with Crippen LogP contribution in [0, 0.1) is 12.3 Å². The Kier molecular flexibility index (Phi) is 7.13. The molecule has 0 spiro atoms. The molecule has 1 heterocycles. The molecular formula is C24H22N2O6. The fourth-order valence-electron chi connectivity index (χ4n) is 3.03. The summed E-state index contributed by atoms with van der Waals surface area (Å²) in [5.41, 5.74) is 0.543. The third kappa shape index (κ3) is 4.90.